The molecule has 0 aromatic rings. The van der Waals surface area contributed by atoms with Gasteiger partial charge in [-0.3, -0.25) is 15.0 Å². The Hall–Kier alpha value is -1.14. The summed E-state index contributed by atoms with van der Waals surface area (Å²) in [6, 6.07) is 0.291. The Morgan fingerprint density at radius 2 is 1.95 bits per heavy atom. The fourth-order valence-corrected chi connectivity index (χ4v) is 3.29. The second kappa shape index (κ2) is 8.34. The second-order valence-corrected chi connectivity index (χ2v) is 6.07. The summed E-state index contributed by atoms with van der Waals surface area (Å²) in [6.07, 6.45) is 6.63. The maximum atomic E-state index is 12.0. The second-order valence-electron chi connectivity index (χ2n) is 6.07. The van der Waals surface area contributed by atoms with Crippen LogP contribution in [-0.2, 0) is 4.79 Å². The third kappa shape index (κ3) is 5.28. The largest absolute Gasteiger partial charge is 0.335 e. The Morgan fingerprint density at radius 3 is 2.57 bits per heavy atom. The molecule has 0 spiro atoms. The Morgan fingerprint density at radius 1 is 1.19 bits per heavy atom. The van der Waals surface area contributed by atoms with E-state index in [1.165, 1.54) is 0 Å². The molecular formula is C15H28N4O2. The van der Waals surface area contributed by atoms with Gasteiger partial charge in [0.25, 0.3) is 0 Å². The third-order valence-corrected chi connectivity index (χ3v) is 4.48. The van der Waals surface area contributed by atoms with E-state index in [9.17, 15) is 9.59 Å². The predicted octanol–water partition coefficient (Wildman–Crippen LogP) is 0.829. The van der Waals surface area contributed by atoms with Crippen LogP contribution in [0.15, 0.2) is 0 Å². The van der Waals surface area contributed by atoms with Crippen LogP contribution in [0.5, 0.6) is 0 Å². The van der Waals surface area contributed by atoms with Crippen molar-refractivity contribution in [1.82, 2.24) is 20.9 Å². The molecule has 3 amide bonds. The minimum Gasteiger partial charge on any atom is -0.335 e. The normalized spacial score (nSPS) is 23.2. The van der Waals surface area contributed by atoms with E-state index in [-0.39, 0.29) is 18.0 Å². The molecule has 2 aliphatic rings. The van der Waals surface area contributed by atoms with E-state index >= 15 is 0 Å². The van der Waals surface area contributed by atoms with Gasteiger partial charge in [0.2, 0.25) is 5.91 Å². The van der Waals surface area contributed by atoms with Crippen LogP contribution in [0.1, 0.15) is 45.4 Å². The van der Waals surface area contributed by atoms with Crippen molar-refractivity contribution in [2.45, 2.75) is 57.5 Å². The highest BCUT2D eigenvalue weighted by Crippen LogP contribution is 2.17. The molecule has 1 aliphatic carbocycles. The number of hydrogen-bond acceptors (Lipinski definition) is 4. The lowest BCUT2D eigenvalue weighted by atomic mass is 10.1. The van der Waals surface area contributed by atoms with Gasteiger partial charge in [-0.2, -0.15) is 0 Å². The van der Waals surface area contributed by atoms with E-state index in [0.717, 1.165) is 58.2 Å². The first kappa shape index (κ1) is 16.2. The summed E-state index contributed by atoms with van der Waals surface area (Å²) in [5, 5.41) is 8.70. The summed E-state index contributed by atoms with van der Waals surface area (Å²) in [5.74, 6) is -0.210. The lowest BCUT2D eigenvalue weighted by Gasteiger charge is -2.33. The monoisotopic (exact) mass is 296 g/mol. The molecular weight excluding hydrogens is 268 g/mol. The first-order chi connectivity index (χ1) is 10.2. The van der Waals surface area contributed by atoms with Crippen molar-refractivity contribution in [3.05, 3.63) is 0 Å². The van der Waals surface area contributed by atoms with Crippen molar-refractivity contribution in [3.63, 3.8) is 0 Å². The van der Waals surface area contributed by atoms with Gasteiger partial charge >= 0.3 is 6.03 Å². The highest BCUT2D eigenvalue weighted by Gasteiger charge is 2.23. The molecule has 1 saturated heterocycles. The molecule has 0 radical (unpaired) electrons. The van der Waals surface area contributed by atoms with Gasteiger partial charge in [0.05, 0.1) is 6.54 Å². The standard InChI is InChI=1S/C15H28N4O2/c1-2-19(13-8-5-9-16-10-13)11-14(20)18-15(21)17-12-6-3-4-7-12/h12-13,16H,2-11H2,1H3,(H2,17,18,20,21). The number of carbonyl (C=O) groups is 2. The molecule has 0 bridgehead atoms. The van der Waals surface area contributed by atoms with E-state index < -0.39 is 0 Å². The first-order valence-electron chi connectivity index (χ1n) is 8.24. The van der Waals surface area contributed by atoms with Gasteiger partial charge in [-0.25, -0.2) is 4.79 Å². The SMILES string of the molecule is CCN(CC(=O)NC(=O)NC1CCCC1)C1CCCNC1. The quantitative estimate of drug-likeness (QED) is 0.702. The minimum absolute atomic E-state index is 0.210. The summed E-state index contributed by atoms with van der Waals surface area (Å²) >= 11 is 0. The molecule has 1 heterocycles. The zero-order valence-corrected chi connectivity index (χ0v) is 13.0. The van der Waals surface area contributed by atoms with Gasteiger partial charge < -0.3 is 10.6 Å². The van der Waals surface area contributed by atoms with Crippen molar-refractivity contribution in [3.8, 4) is 0 Å². The highest BCUT2D eigenvalue weighted by molar-refractivity contribution is 5.95. The Kier molecular flexibility index (Phi) is 6.45. The van der Waals surface area contributed by atoms with Crippen molar-refractivity contribution in [2.24, 2.45) is 0 Å². The van der Waals surface area contributed by atoms with Crippen LogP contribution in [0.4, 0.5) is 4.79 Å². The van der Waals surface area contributed by atoms with Crippen LogP contribution in [0, 0.1) is 0 Å². The van der Waals surface area contributed by atoms with E-state index in [2.05, 4.69) is 27.8 Å². The van der Waals surface area contributed by atoms with Crippen molar-refractivity contribution < 1.29 is 9.59 Å². The third-order valence-electron chi connectivity index (χ3n) is 4.48. The molecule has 0 aromatic carbocycles. The molecule has 1 aliphatic heterocycles. The number of likely N-dealkylation sites (N-methyl/N-ethyl adjacent to an activating group) is 1. The first-order valence-corrected chi connectivity index (χ1v) is 8.24. The minimum atomic E-state index is -0.343. The van der Waals surface area contributed by atoms with Crippen LogP contribution in [0.3, 0.4) is 0 Å². The Labute approximate surface area is 127 Å². The number of nitrogens with zero attached hydrogens (tertiary/aromatic N) is 1. The number of piperidine rings is 1. The van der Waals surface area contributed by atoms with Crippen LogP contribution in [0.25, 0.3) is 0 Å². The summed E-state index contributed by atoms with van der Waals surface area (Å²) < 4.78 is 0. The van der Waals surface area contributed by atoms with Crippen molar-refractivity contribution >= 4 is 11.9 Å². The molecule has 2 rings (SSSR count). The van der Waals surface area contributed by atoms with Gasteiger partial charge in [-0.15, -0.1) is 0 Å². The van der Waals surface area contributed by atoms with Gasteiger partial charge in [-0.1, -0.05) is 19.8 Å². The molecule has 6 heteroatoms. The van der Waals surface area contributed by atoms with Gasteiger partial charge in [0.1, 0.15) is 0 Å². The molecule has 2 fully saturated rings. The fraction of sp³-hybridized carbons (Fsp3) is 0.867. The molecule has 120 valence electrons. The molecule has 1 saturated carbocycles. The van der Waals surface area contributed by atoms with Crippen molar-refractivity contribution in [2.75, 3.05) is 26.2 Å². The number of rotatable bonds is 5. The number of urea groups is 1. The van der Waals surface area contributed by atoms with Crippen LogP contribution < -0.4 is 16.0 Å². The van der Waals surface area contributed by atoms with Crippen LogP contribution in [-0.4, -0.2) is 55.1 Å². The molecule has 21 heavy (non-hydrogen) atoms. The fourth-order valence-electron chi connectivity index (χ4n) is 3.29. The number of carbonyl (C=O) groups excluding carboxylic acids is 2. The summed E-state index contributed by atoms with van der Waals surface area (Å²) in [7, 11) is 0. The van der Waals surface area contributed by atoms with Gasteiger partial charge in [0, 0.05) is 18.6 Å². The Bertz CT molecular complexity index is 350. The summed E-state index contributed by atoms with van der Waals surface area (Å²) in [4.78, 5) is 25.9. The number of imide groups is 1. The molecule has 3 N–H and O–H groups in total. The van der Waals surface area contributed by atoms with Gasteiger partial charge in [-0.05, 0) is 38.8 Å². The lowest BCUT2D eigenvalue weighted by Crippen LogP contribution is -2.51. The Balaban J connectivity index is 1.72. The number of nitrogens with one attached hydrogen (secondary N) is 3. The smallest absolute Gasteiger partial charge is 0.321 e. The zero-order valence-electron chi connectivity index (χ0n) is 13.0. The topological polar surface area (TPSA) is 73.5 Å². The maximum absolute atomic E-state index is 12.0. The predicted molar refractivity (Wildman–Crippen MR) is 82.1 cm³/mol. The number of amides is 3. The van der Waals surface area contributed by atoms with E-state index in [0.29, 0.717) is 12.6 Å². The van der Waals surface area contributed by atoms with Crippen LogP contribution >= 0.6 is 0 Å². The molecule has 6 nitrogen and oxygen atoms in total. The molecule has 1 atom stereocenters. The van der Waals surface area contributed by atoms with E-state index in [1.807, 2.05) is 0 Å². The van der Waals surface area contributed by atoms with Crippen LogP contribution in [0.2, 0.25) is 0 Å². The maximum Gasteiger partial charge on any atom is 0.321 e. The average Bonchev–Trinajstić information content (AvgIpc) is 2.98. The summed E-state index contributed by atoms with van der Waals surface area (Å²) in [5.41, 5.74) is 0. The van der Waals surface area contributed by atoms with E-state index in [4.69, 9.17) is 0 Å². The molecule has 0 aromatic heterocycles. The average molecular weight is 296 g/mol. The van der Waals surface area contributed by atoms with Gasteiger partial charge in [0.15, 0.2) is 0 Å². The zero-order chi connectivity index (χ0) is 15.1. The lowest BCUT2D eigenvalue weighted by molar-refractivity contribution is -0.121. The van der Waals surface area contributed by atoms with Crippen molar-refractivity contribution in [1.29, 1.82) is 0 Å². The number of hydrogen-bond donors (Lipinski definition) is 3. The highest BCUT2D eigenvalue weighted by atomic mass is 16.2. The van der Waals surface area contributed by atoms with E-state index in [1.54, 1.807) is 0 Å². The molecule has 1 unspecified atom stereocenters. The summed E-state index contributed by atoms with van der Waals surface area (Å²) in [6.45, 7) is 5.16.